The van der Waals surface area contributed by atoms with Crippen LogP contribution in [-0.4, -0.2) is 6.10 Å². The molecule has 10 aliphatic rings. The largest absolute Gasteiger partial charge is 0.489 e. The molecule has 10 atom stereocenters. The zero-order valence-corrected chi connectivity index (χ0v) is 32.8. The molecule has 3 aromatic carbocycles. The first-order valence-corrected chi connectivity index (χ1v) is 22.1. The van der Waals surface area contributed by atoms with Gasteiger partial charge in [0.05, 0.1) is 5.92 Å². The highest BCUT2D eigenvalue weighted by atomic mass is 16.5. The summed E-state index contributed by atoms with van der Waals surface area (Å²) in [5, 5.41) is 0. The van der Waals surface area contributed by atoms with Crippen LogP contribution in [0.2, 0.25) is 0 Å². The predicted octanol–water partition coefficient (Wildman–Crippen LogP) is 13.1. The Morgan fingerprint density at radius 1 is 0.621 bits per heavy atom. The lowest BCUT2D eigenvalue weighted by atomic mass is 9.55. The van der Waals surface area contributed by atoms with E-state index < -0.39 is 0 Å². The summed E-state index contributed by atoms with van der Waals surface area (Å²) in [5.74, 6) is 6.62. The monoisotopic (exact) mass is 752 g/mol. The third-order valence-electron chi connectivity index (χ3n) is 15.6. The van der Waals surface area contributed by atoms with Gasteiger partial charge in [-0.1, -0.05) is 151 Å². The molecule has 0 N–H and O–H groups in total. The number of benzene rings is 3. The lowest BCUT2D eigenvalue weighted by Gasteiger charge is -2.51. The van der Waals surface area contributed by atoms with E-state index in [1.165, 1.54) is 69.4 Å². The normalized spacial score (nSPS) is 34.0. The Labute approximate surface area is 342 Å². The molecule has 0 spiro atoms. The van der Waals surface area contributed by atoms with Crippen LogP contribution in [0, 0.1) is 35.5 Å². The van der Waals surface area contributed by atoms with Crippen LogP contribution in [0.25, 0.3) is 5.57 Å². The van der Waals surface area contributed by atoms with Crippen molar-refractivity contribution >= 4 is 5.57 Å². The van der Waals surface area contributed by atoms with Gasteiger partial charge in [-0.15, -0.1) is 0 Å². The highest BCUT2D eigenvalue weighted by Crippen LogP contribution is 2.61. The Morgan fingerprint density at radius 2 is 1.45 bits per heavy atom. The maximum absolute atomic E-state index is 6.87. The third-order valence-corrected chi connectivity index (χ3v) is 15.6. The maximum atomic E-state index is 6.87. The molecule has 0 saturated heterocycles. The molecule has 13 rings (SSSR count). The number of ether oxygens (including phenoxy) is 2. The highest BCUT2D eigenvalue weighted by Gasteiger charge is 2.51. The Hall–Kier alpha value is -5.60. The van der Waals surface area contributed by atoms with E-state index in [1.54, 1.807) is 11.1 Å². The summed E-state index contributed by atoms with van der Waals surface area (Å²) >= 11 is 0. The van der Waals surface area contributed by atoms with Crippen molar-refractivity contribution in [3.05, 3.63) is 219 Å². The van der Waals surface area contributed by atoms with Crippen LogP contribution < -0.4 is 9.47 Å². The van der Waals surface area contributed by atoms with Crippen LogP contribution in [0.15, 0.2) is 197 Å². The van der Waals surface area contributed by atoms with Crippen molar-refractivity contribution in [3.8, 4) is 11.5 Å². The highest BCUT2D eigenvalue weighted by molar-refractivity contribution is 5.91. The lowest BCUT2D eigenvalue weighted by Crippen LogP contribution is -2.45. The Kier molecular flexibility index (Phi) is 7.45. The second-order valence-electron chi connectivity index (χ2n) is 18.3. The average molecular weight is 753 g/mol. The summed E-state index contributed by atoms with van der Waals surface area (Å²) in [7, 11) is 0. The zero-order chi connectivity index (χ0) is 37.9. The summed E-state index contributed by atoms with van der Waals surface area (Å²) in [6.07, 6.45) is 41.4. The van der Waals surface area contributed by atoms with Crippen LogP contribution in [0.3, 0.4) is 0 Å². The van der Waals surface area contributed by atoms with Crippen LogP contribution in [0.5, 0.6) is 11.5 Å². The molecule has 0 amide bonds. The van der Waals surface area contributed by atoms with E-state index in [0.717, 1.165) is 36.5 Å². The second-order valence-corrected chi connectivity index (χ2v) is 18.3. The molecule has 3 aromatic rings. The molecule has 0 bridgehead atoms. The van der Waals surface area contributed by atoms with Crippen molar-refractivity contribution in [3.63, 3.8) is 0 Å². The lowest BCUT2D eigenvalue weighted by molar-refractivity contribution is 0.0606. The van der Waals surface area contributed by atoms with Gasteiger partial charge in [-0.3, -0.25) is 0 Å². The van der Waals surface area contributed by atoms with Crippen molar-refractivity contribution in [2.45, 2.75) is 62.4 Å². The van der Waals surface area contributed by atoms with E-state index in [2.05, 4.69) is 158 Å². The van der Waals surface area contributed by atoms with Gasteiger partial charge in [0, 0.05) is 41.2 Å². The molecule has 58 heavy (non-hydrogen) atoms. The molecule has 0 saturated carbocycles. The molecular weight excluding hydrogens is 705 g/mol. The second kappa shape index (κ2) is 13.0. The van der Waals surface area contributed by atoms with Crippen LogP contribution in [0.4, 0.5) is 0 Å². The molecule has 284 valence electrons. The third kappa shape index (κ3) is 4.90. The molecule has 0 radical (unpaired) electrons. The number of fused-ring (bicyclic) bond motifs is 6. The molecule has 2 heteroatoms. The van der Waals surface area contributed by atoms with E-state index in [1.807, 2.05) is 0 Å². The van der Waals surface area contributed by atoms with Crippen molar-refractivity contribution < 1.29 is 9.47 Å². The SMILES string of the molecule is C1=CC2=C(C3=C4C=CC(C5C=CC6=C(CCC=C6)C5)CC4C(C4=CCC5Oc6ccccc6C6C=CCC4C56)c4ccccc43)C=CC3c4ccccc4OC(=C1)C23. The average Bonchev–Trinajstić information content (AvgIpc) is 3.28. The minimum atomic E-state index is 0.175. The molecule has 2 heterocycles. The summed E-state index contributed by atoms with van der Waals surface area (Å²) in [6.45, 7) is 0. The molecule has 8 aliphatic carbocycles. The topological polar surface area (TPSA) is 18.5 Å². The fraction of sp³-hybridized carbons (Fsp3) is 0.286. The maximum Gasteiger partial charge on any atom is 0.130 e. The number of hydrogen-bond acceptors (Lipinski definition) is 2. The number of hydrogen-bond donors (Lipinski definition) is 0. The van der Waals surface area contributed by atoms with Gasteiger partial charge in [0.2, 0.25) is 0 Å². The summed E-state index contributed by atoms with van der Waals surface area (Å²) in [5.41, 5.74) is 16.1. The van der Waals surface area contributed by atoms with E-state index in [0.29, 0.717) is 41.4 Å². The van der Waals surface area contributed by atoms with Crippen LogP contribution >= 0.6 is 0 Å². The van der Waals surface area contributed by atoms with Gasteiger partial charge >= 0.3 is 0 Å². The Bertz CT molecular complexity index is 2640. The van der Waals surface area contributed by atoms with Gasteiger partial charge in [0.1, 0.15) is 23.4 Å². The minimum Gasteiger partial charge on any atom is -0.489 e. The van der Waals surface area contributed by atoms with Gasteiger partial charge in [-0.25, -0.2) is 0 Å². The van der Waals surface area contributed by atoms with Gasteiger partial charge in [0.25, 0.3) is 0 Å². The van der Waals surface area contributed by atoms with Gasteiger partial charge in [0.15, 0.2) is 0 Å². The van der Waals surface area contributed by atoms with Gasteiger partial charge in [-0.05, 0) is 113 Å². The van der Waals surface area contributed by atoms with Crippen molar-refractivity contribution in [2.24, 2.45) is 35.5 Å². The summed E-state index contributed by atoms with van der Waals surface area (Å²) in [6, 6.07) is 27.0. The van der Waals surface area contributed by atoms with Gasteiger partial charge < -0.3 is 9.47 Å². The molecule has 0 fully saturated rings. The van der Waals surface area contributed by atoms with Crippen LogP contribution in [0.1, 0.15) is 78.5 Å². The zero-order valence-electron chi connectivity index (χ0n) is 32.8. The predicted molar refractivity (Wildman–Crippen MR) is 233 cm³/mol. The first-order chi connectivity index (χ1) is 28.8. The number of para-hydroxylation sites is 2. The van der Waals surface area contributed by atoms with E-state index in [9.17, 15) is 0 Å². The molecular formula is C56H48O2. The smallest absolute Gasteiger partial charge is 0.130 e. The molecule has 2 nitrogen and oxygen atoms in total. The van der Waals surface area contributed by atoms with Crippen molar-refractivity contribution in [1.29, 1.82) is 0 Å². The Balaban J connectivity index is 0.968. The van der Waals surface area contributed by atoms with Crippen molar-refractivity contribution in [2.75, 3.05) is 0 Å². The van der Waals surface area contributed by atoms with Gasteiger partial charge in [-0.2, -0.15) is 0 Å². The first kappa shape index (κ1) is 33.4. The molecule has 2 aliphatic heterocycles. The van der Waals surface area contributed by atoms with E-state index >= 15 is 0 Å². The summed E-state index contributed by atoms with van der Waals surface area (Å²) in [4.78, 5) is 0. The minimum absolute atomic E-state index is 0.175. The fourth-order valence-corrected chi connectivity index (χ4v) is 13.2. The number of allylic oxidation sites excluding steroid dienone is 20. The first-order valence-electron chi connectivity index (χ1n) is 22.1. The van der Waals surface area contributed by atoms with E-state index in [-0.39, 0.29) is 17.9 Å². The fourth-order valence-electron chi connectivity index (χ4n) is 13.2. The number of rotatable bonds is 3. The molecule has 0 aromatic heterocycles. The quantitative estimate of drug-likeness (QED) is 0.248. The standard InChI is InChI=1S/C56H48O2/c1-2-12-34-31-35(24-23-33(34)11-1)36-25-26-47-48(32-36)54(46-29-30-52-55-39(17-9-18-42(46)55)37-13-5-7-20-49(37)58-52)41-16-4-3-15-40(41)53(47)45-28-27-44-38-14-6-8-21-50(38)57-51-22-10-19-43(45)56(44)51/h1,3-11,13-17,19-29,35-36,39,42,44,48,52,54-56H,2,12,18,30-32H2. The summed E-state index contributed by atoms with van der Waals surface area (Å²) < 4.78 is 13.6. The van der Waals surface area contributed by atoms with E-state index in [4.69, 9.17) is 9.47 Å². The van der Waals surface area contributed by atoms with Crippen LogP contribution in [-0.2, 0) is 0 Å². The van der Waals surface area contributed by atoms with Crippen molar-refractivity contribution in [1.82, 2.24) is 0 Å². The molecule has 10 unspecified atom stereocenters. The Morgan fingerprint density at radius 3 is 2.38 bits per heavy atom.